The molecule has 0 bridgehead atoms. The fraction of sp³-hybridized carbons (Fsp3) is 0.200. The minimum Gasteiger partial charge on any atom is -0.291 e. The van der Waals surface area contributed by atoms with E-state index in [0.29, 0.717) is 6.42 Å². The number of hydrogen-bond donors (Lipinski definition) is 0. The zero-order valence-electron chi connectivity index (χ0n) is 12.2. The molecule has 3 aromatic rings. The maximum absolute atomic E-state index is 12.3. The Hall–Kier alpha value is -2.48. The molecule has 0 aliphatic heterocycles. The average molecular weight is 288 g/mol. The van der Waals surface area contributed by atoms with Gasteiger partial charge in [-0.3, -0.25) is 9.59 Å². The highest BCUT2D eigenvalue weighted by Gasteiger charge is 2.31. The molecule has 0 spiro atoms. The molecule has 1 aliphatic carbocycles. The zero-order chi connectivity index (χ0) is 15.1. The second-order valence-electron chi connectivity index (χ2n) is 6.00. The number of benzene rings is 3. The van der Waals surface area contributed by atoms with Gasteiger partial charge in [0.15, 0.2) is 5.78 Å². The summed E-state index contributed by atoms with van der Waals surface area (Å²) in [5, 5.41) is 4.58. The number of Topliss-reactive ketones (excluding diaryl/α,β-unsaturated/α-hetero) is 2. The van der Waals surface area contributed by atoms with E-state index < -0.39 is 0 Å². The van der Waals surface area contributed by atoms with Crippen LogP contribution in [0.2, 0.25) is 0 Å². The van der Waals surface area contributed by atoms with E-state index in [1.54, 1.807) is 0 Å². The molecule has 0 aromatic heterocycles. The molecule has 1 unspecified atom stereocenters. The van der Waals surface area contributed by atoms with E-state index in [2.05, 4.69) is 30.3 Å². The molecule has 0 saturated heterocycles. The lowest BCUT2D eigenvalue weighted by Gasteiger charge is -2.21. The van der Waals surface area contributed by atoms with Gasteiger partial charge in [-0.1, -0.05) is 42.5 Å². The molecule has 1 fully saturated rings. The van der Waals surface area contributed by atoms with E-state index >= 15 is 0 Å². The van der Waals surface area contributed by atoms with Gasteiger partial charge in [0.2, 0.25) is 5.78 Å². The van der Waals surface area contributed by atoms with Gasteiger partial charge in [-0.05, 0) is 52.1 Å². The van der Waals surface area contributed by atoms with Crippen molar-refractivity contribution in [2.45, 2.75) is 25.2 Å². The van der Waals surface area contributed by atoms with Gasteiger partial charge >= 0.3 is 0 Å². The normalized spacial score (nSPS) is 19.0. The smallest absolute Gasteiger partial charge is 0.205 e. The van der Waals surface area contributed by atoms with Crippen molar-refractivity contribution in [1.82, 2.24) is 0 Å². The van der Waals surface area contributed by atoms with Crippen LogP contribution in [-0.4, -0.2) is 11.6 Å². The minimum absolute atomic E-state index is 0.214. The second-order valence-corrected chi connectivity index (χ2v) is 6.00. The summed E-state index contributed by atoms with van der Waals surface area (Å²) in [7, 11) is 0. The largest absolute Gasteiger partial charge is 0.291 e. The topological polar surface area (TPSA) is 34.1 Å². The first-order valence-electron chi connectivity index (χ1n) is 7.72. The summed E-state index contributed by atoms with van der Waals surface area (Å²) in [5.74, 6) is -0.702. The number of carbonyl (C=O) groups is 2. The van der Waals surface area contributed by atoms with Crippen molar-refractivity contribution in [2.75, 3.05) is 0 Å². The van der Waals surface area contributed by atoms with Gasteiger partial charge in [0.05, 0.1) is 5.92 Å². The number of hydrogen-bond acceptors (Lipinski definition) is 2. The Bertz CT molecular complexity index is 908. The monoisotopic (exact) mass is 288 g/mol. The van der Waals surface area contributed by atoms with Crippen LogP contribution in [0.25, 0.3) is 21.5 Å². The first kappa shape index (κ1) is 13.2. The van der Waals surface area contributed by atoms with Gasteiger partial charge < -0.3 is 0 Å². The quantitative estimate of drug-likeness (QED) is 0.491. The van der Waals surface area contributed by atoms with Crippen LogP contribution in [0, 0.1) is 0 Å². The number of fused-ring (bicyclic) bond motifs is 2. The van der Waals surface area contributed by atoms with Gasteiger partial charge in [0.25, 0.3) is 0 Å². The lowest BCUT2D eigenvalue weighted by Crippen LogP contribution is -2.26. The fourth-order valence-electron chi connectivity index (χ4n) is 3.51. The van der Waals surface area contributed by atoms with Crippen molar-refractivity contribution in [2.24, 2.45) is 0 Å². The summed E-state index contributed by atoms with van der Waals surface area (Å²) < 4.78 is 0. The summed E-state index contributed by atoms with van der Waals surface area (Å²) in [6.45, 7) is 0. The Morgan fingerprint density at radius 3 is 2.36 bits per heavy atom. The maximum atomic E-state index is 12.3. The minimum atomic E-state index is -0.272. The van der Waals surface area contributed by atoms with E-state index in [4.69, 9.17) is 0 Å². The van der Waals surface area contributed by atoms with E-state index in [-0.39, 0.29) is 17.5 Å². The molecule has 1 atom stereocenters. The molecule has 22 heavy (non-hydrogen) atoms. The molecule has 0 radical (unpaired) electrons. The van der Waals surface area contributed by atoms with E-state index in [9.17, 15) is 9.59 Å². The van der Waals surface area contributed by atoms with E-state index in [0.717, 1.165) is 34.6 Å². The fourth-order valence-corrected chi connectivity index (χ4v) is 3.51. The Labute approximate surface area is 128 Å². The van der Waals surface area contributed by atoms with Gasteiger partial charge in [0, 0.05) is 6.42 Å². The van der Waals surface area contributed by atoms with Crippen molar-refractivity contribution < 1.29 is 9.59 Å². The highest BCUT2D eigenvalue weighted by molar-refractivity contribution is 6.40. The molecule has 0 heterocycles. The highest BCUT2D eigenvalue weighted by atomic mass is 16.2. The van der Waals surface area contributed by atoms with Crippen molar-refractivity contribution in [3.05, 3.63) is 60.2 Å². The van der Waals surface area contributed by atoms with Crippen LogP contribution in [0.1, 0.15) is 30.7 Å². The molecule has 2 nitrogen and oxygen atoms in total. The number of ketones is 2. The molecule has 4 rings (SSSR count). The van der Waals surface area contributed by atoms with Gasteiger partial charge in [-0.15, -0.1) is 0 Å². The summed E-state index contributed by atoms with van der Waals surface area (Å²) in [4.78, 5) is 24.1. The Balaban J connectivity index is 1.95. The average Bonchev–Trinajstić information content (AvgIpc) is 2.55. The first-order valence-corrected chi connectivity index (χ1v) is 7.72. The second kappa shape index (κ2) is 5.06. The third kappa shape index (κ3) is 2.03. The van der Waals surface area contributed by atoms with E-state index in [1.807, 2.05) is 24.3 Å². The predicted octanol–water partition coefficient (Wildman–Crippen LogP) is 4.40. The highest BCUT2D eigenvalue weighted by Crippen LogP contribution is 2.34. The van der Waals surface area contributed by atoms with Crippen molar-refractivity contribution >= 4 is 33.1 Å². The Morgan fingerprint density at radius 2 is 1.55 bits per heavy atom. The van der Waals surface area contributed by atoms with Crippen LogP contribution in [0.4, 0.5) is 0 Å². The van der Waals surface area contributed by atoms with Crippen molar-refractivity contribution in [3.8, 4) is 0 Å². The Kier molecular flexibility index (Phi) is 3.04. The summed E-state index contributed by atoms with van der Waals surface area (Å²) in [6, 6.07) is 18.6. The van der Waals surface area contributed by atoms with Crippen LogP contribution >= 0.6 is 0 Å². The third-order valence-corrected chi connectivity index (χ3v) is 4.64. The molecule has 1 saturated carbocycles. The molecule has 108 valence electrons. The summed E-state index contributed by atoms with van der Waals surface area (Å²) in [6.07, 6.45) is 1.98. The van der Waals surface area contributed by atoms with Crippen molar-refractivity contribution in [3.63, 3.8) is 0 Å². The van der Waals surface area contributed by atoms with Crippen LogP contribution in [-0.2, 0) is 9.59 Å². The van der Waals surface area contributed by atoms with Crippen LogP contribution in [0.15, 0.2) is 54.6 Å². The number of rotatable bonds is 1. The first-order chi connectivity index (χ1) is 10.7. The van der Waals surface area contributed by atoms with E-state index in [1.165, 1.54) is 5.39 Å². The molecular weight excluding hydrogens is 272 g/mol. The van der Waals surface area contributed by atoms with Crippen LogP contribution in [0.3, 0.4) is 0 Å². The molecular formula is C20H16O2. The SMILES string of the molecule is O=C1CCCC(c2cccc3cc4ccccc4cc23)C1=O. The van der Waals surface area contributed by atoms with Gasteiger partial charge in [-0.2, -0.15) is 0 Å². The standard InChI is InChI=1S/C20H16O2/c21-19-10-4-9-17(20(19)22)16-8-3-7-15-11-13-5-1-2-6-14(13)12-18(15)16/h1-3,5-8,11-12,17H,4,9-10H2. The van der Waals surface area contributed by atoms with Gasteiger partial charge in [-0.25, -0.2) is 0 Å². The van der Waals surface area contributed by atoms with Crippen LogP contribution in [0.5, 0.6) is 0 Å². The molecule has 0 N–H and O–H groups in total. The lowest BCUT2D eigenvalue weighted by atomic mass is 9.80. The van der Waals surface area contributed by atoms with Crippen molar-refractivity contribution in [1.29, 1.82) is 0 Å². The van der Waals surface area contributed by atoms with Gasteiger partial charge in [0.1, 0.15) is 0 Å². The molecule has 1 aliphatic rings. The predicted molar refractivity (Wildman–Crippen MR) is 88.1 cm³/mol. The molecule has 0 amide bonds. The lowest BCUT2D eigenvalue weighted by molar-refractivity contribution is -0.139. The Morgan fingerprint density at radius 1 is 0.818 bits per heavy atom. The molecule has 2 heteroatoms. The maximum Gasteiger partial charge on any atom is 0.205 e. The molecule has 3 aromatic carbocycles. The summed E-state index contributed by atoms with van der Waals surface area (Å²) in [5.41, 5.74) is 1.00. The van der Waals surface area contributed by atoms with Crippen LogP contribution < -0.4 is 0 Å². The zero-order valence-corrected chi connectivity index (χ0v) is 12.2. The summed E-state index contributed by atoms with van der Waals surface area (Å²) >= 11 is 0. The number of carbonyl (C=O) groups excluding carboxylic acids is 2. The third-order valence-electron chi connectivity index (χ3n) is 4.64.